The van der Waals surface area contributed by atoms with Crippen molar-refractivity contribution in [3.05, 3.63) is 36.3 Å². The van der Waals surface area contributed by atoms with Gasteiger partial charge in [0, 0.05) is 203 Å². The third kappa shape index (κ3) is 90.9. The summed E-state index contributed by atoms with van der Waals surface area (Å²) in [6, 6.07) is 0. The van der Waals surface area contributed by atoms with Crippen LogP contribution in [0.2, 0.25) is 0 Å². The van der Waals surface area contributed by atoms with E-state index in [2.05, 4.69) is 246 Å². The van der Waals surface area contributed by atoms with E-state index in [4.69, 9.17) is 23.3 Å². The predicted molar refractivity (Wildman–Crippen MR) is 326 cm³/mol. The van der Waals surface area contributed by atoms with Gasteiger partial charge in [0.15, 0.2) is 6.10 Å². The lowest BCUT2D eigenvalue weighted by Crippen LogP contribution is -2.31. The van der Waals surface area contributed by atoms with E-state index in [1.54, 1.807) is 26.0 Å². The standard InChI is InChI=1S/C55H101N2O55P/c1-5-8-10-12-14-16-18-20-22-23-25-26-28-30-32-34-36-39-53(59)65-48-51(70-54(60)40-37-35-33-31-29-27-24-21-19-17-15-13-11-9-6-2)49-69-113(62,63)68-44-42-57-55(61)64-45-46-67-72-74-76-78-80-82-84-86-88-90-92-94-96-98-100-102-104-106-108-110-112-111-109-107-105-103-101-99-97-95-93-91-89-87-85-83-81-79-77-75-73-71-66-43-41-56-52(58)47-50(4)38-7-3/h7,38,41,43,47,51H,5-6,8-37,39-40,42,44-46,48-49H2,1-4H3,(H,56,58)(H,57,61)(H,62,63)/p-1/b38-7+,43-41-,50-47+/t51-/m1/s1. The van der Waals surface area contributed by atoms with Crippen molar-refractivity contribution in [3.63, 3.8) is 0 Å². The van der Waals surface area contributed by atoms with Crippen LogP contribution in [0.4, 0.5) is 4.79 Å². The maximum absolute atomic E-state index is 12.9. The zero-order valence-electron chi connectivity index (χ0n) is 62.1. The minimum atomic E-state index is -5.02. The van der Waals surface area contributed by atoms with E-state index in [0.29, 0.717) is 18.4 Å². The monoisotopic (exact) mass is 1700 g/mol. The molecule has 2 amide bonds. The third-order valence-electron chi connectivity index (χ3n) is 13.0. The lowest BCUT2D eigenvalue weighted by Gasteiger charge is -2.25. The summed E-state index contributed by atoms with van der Waals surface area (Å²) in [7, 11) is -5.02. The zero-order chi connectivity index (χ0) is 81.8. The van der Waals surface area contributed by atoms with Crippen molar-refractivity contribution in [3.8, 4) is 0 Å². The van der Waals surface area contributed by atoms with E-state index in [9.17, 15) is 28.6 Å². The molecule has 0 aliphatic heterocycles. The summed E-state index contributed by atoms with van der Waals surface area (Å²) in [4.78, 5) is 70.3. The van der Waals surface area contributed by atoms with Crippen molar-refractivity contribution < 1.29 is 273 Å². The Kier molecular flexibility index (Phi) is 87.0. The first kappa shape index (κ1) is 108. The van der Waals surface area contributed by atoms with Crippen molar-refractivity contribution in [2.75, 3.05) is 39.6 Å². The van der Waals surface area contributed by atoms with Crippen LogP contribution in [-0.2, 0) is 264 Å². The molecule has 0 aliphatic carbocycles. The second-order valence-electron chi connectivity index (χ2n) is 21.5. The summed E-state index contributed by atoms with van der Waals surface area (Å²) in [6.45, 7) is 4.98. The molecule has 0 bridgehead atoms. The van der Waals surface area contributed by atoms with Gasteiger partial charge >= 0.3 is 18.0 Å². The predicted octanol–water partition coefficient (Wildman–Crippen LogP) is 11.2. The molecule has 666 valence electrons. The second-order valence-corrected chi connectivity index (χ2v) is 22.9. The molecule has 0 radical (unpaired) electrons. The fourth-order valence-electron chi connectivity index (χ4n) is 8.24. The van der Waals surface area contributed by atoms with Crippen molar-refractivity contribution in [2.45, 2.75) is 252 Å². The number of unbranched alkanes of at least 4 members (excludes halogenated alkanes) is 30. The fourth-order valence-corrected chi connectivity index (χ4v) is 8.98. The summed E-state index contributed by atoms with van der Waals surface area (Å²) < 4.78 is 38.1. The Morgan fingerprint density at radius 1 is 0.363 bits per heavy atom. The van der Waals surface area contributed by atoms with Gasteiger partial charge in [-0.3, -0.25) is 18.9 Å². The van der Waals surface area contributed by atoms with Crippen LogP contribution in [0.5, 0.6) is 0 Å². The van der Waals surface area contributed by atoms with Gasteiger partial charge in [0.1, 0.15) is 26.1 Å². The van der Waals surface area contributed by atoms with Crippen LogP contribution < -0.4 is 15.5 Å². The molecule has 57 nitrogen and oxygen atoms in total. The van der Waals surface area contributed by atoms with E-state index in [1.165, 1.54) is 147 Å². The van der Waals surface area contributed by atoms with Gasteiger partial charge in [-0.05, 0) is 72.6 Å². The molecule has 0 aromatic carbocycles. The van der Waals surface area contributed by atoms with E-state index in [0.717, 1.165) is 63.8 Å². The van der Waals surface area contributed by atoms with Gasteiger partial charge in [0.2, 0.25) is 5.91 Å². The van der Waals surface area contributed by atoms with Crippen molar-refractivity contribution in [1.82, 2.24) is 10.6 Å². The van der Waals surface area contributed by atoms with E-state index < -0.39 is 70.9 Å². The molecular formula is C55H100N2O55P-. The van der Waals surface area contributed by atoms with Gasteiger partial charge in [-0.25, -0.2) is 9.68 Å². The topological polar surface area (TPSA) is 585 Å². The highest BCUT2D eigenvalue weighted by Gasteiger charge is 2.22. The second kappa shape index (κ2) is 91.0. The zero-order valence-corrected chi connectivity index (χ0v) is 63.0. The van der Waals surface area contributed by atoms with Crippen molar-refractivity contribution >= 4 is 31.8 Å². The molecule has 0 saturated heterocycles. The van der Waals surface area contributed by atoms with Gasteiger partial charge in [-0.1, -0.05) is 219 Å². The van der Waals surface area contributed by atoms with Crippen LogP contribution in [0.1, 0.15) is 246 Å². The number of carbonyl (C=O) groups is 4. The summed E-state index contributed by atoms with van der Waals surface area (Å²) >= 11 is 0. The molecule has 0 aromatic rings. The highest BCUT2D eigenvalue weighted by Crippen LogP contribution is 2.38. The molecule has 0 saturated carbocycles. The Hall–Kier alpha value is -4.91. The lowest BCUT2D eigenvalue weighted by atomic mass is 10.0. The Bertz CT molecular complexity index is 2200. The summed E-state index contributed by atoms with van der Waals surface area (Å²) in [5.41, 5.74) is 0.697. The number of allylic oxidation sites excluding steroid dienone is 3. The minimum Gasteiger partial charge on any atom is -0.756 e. The minimum absolute atomic E-state index is 0.0918. The Morgan fingerprint density at radius 2 is 0.673 bits per heavy atom. The van der Waals surface area contributed by atoms with Crippen LogP contribution in [0.15, 0.2) is 36.3 Å². The molecule has 2 atom stereocenters. The third-order valence-corrected chi connectivity index (χ3v) is 14.0. The van der Waals surface area contributed by atoms with Crippen LogP contribution in [-0.4, -0.2) is 69.6 Å². The highest BCUT2D eigenvalue weighted by molar-refractivity contribution is 7.45. The molecule has 113 heavy (non-hydrogen) atoms. The molecule has 0 aliphatic rings. The molecule has 0 spiro atoms. The average Bonchev–Trinajstić information content (AvgIpc) is 0.907. The molecule has 0 heterocycles. The first-order valence-electron chi connectivity index (χ1n) is 34.9. The summed E-state index contributed by atoms with van der Waals surface area (Å²) in [5, 5.41) is 157. The Labute approximate surface area is 642 Å². The number of phosphoric acid groups is 1. The number of ether oxygens (including phenoxy) is 3. The highest BCUT2D eigenvalue weighted by atomic mass is 31.2. The maximum atomic E-state index is 12.9. The van der Waals surface area contributed by atoms with Gasteiger partial charge in [0.25, 0.3) is 7.82 Å². The smallest absolute Gasteiger partial charge is 0.407 e. The van der Waals surface area contributed by atoms with Gasteiger partial charge in [-0.15, -0.1) is 0 Å². The Morgan fingerprint density at radius 3 is 1.01 bits per heavy atom. The molecule has 0 aromatic heterocycles. The lowest BCUT2D eigenvalue weighted by molar-refractivity contribution is -0.909. The number of hydrogen-bond donors (Lipinski definition) is 2. The number of nitrogens with one attached hydrogen (secondary N) is 2. The molecule has 0 fully saturated rings. The first-order valence-corrected chi connectivity index (χ1v) is 36.4. The van der Waals surface area contributed by atoms with E-state index >= 15 is 0 Å². The molecule has 58 heteroatoms. The number of esters is 2. The fraction of sp³-hybridized carbons (Fsp3) is 0.818. The van der Waals surface area contributed by atoms with Crippen LogP contribution in [0, 0.1) is 0 Å². The van der Waals surface area contributed by atoms with Gasteiger partial charge in [-0.2, -0.15) is 0 Å². The molecular weight excluding hydrogens is 1600 g/mol. The molecule has 2 N–H and O–H groups in total. The number of phosphoric ester groups is 1. The van der Waals surface area contributed by atoms with Gasteiger partial charge in [0.05, 0.1) is 13.2 Å². The number of alkyl carbamates (subject to hydrolysis) is 1. The number of carbonyl (C=O) groups excluding carboxylic acids is 4. The average molecular weight is 1700 g/mol. The van der Waals surface area contributed by atoms with E-state index in [-0.39, 0.29) is 19.4 Å². The van der Waals surface area contributed by atoms with E-state index in [1.807, 2.05) is 0 Å². The number of hydrogen-bond acceptors (Lipinski definition) is 55. The van der Waals surface area contributed by atoms with Crippen LogP contribution >= 0.6 is 7.82 Å². The van der Waals surface area contributed by atoms with Crippen LogP contribution in [0.25, 0.3) is 0 Å². The van der Waals surface area contributed by atoms with Crippen LogP contribution in [0.3, 0.4) is 0 Å². The molecule has 1 unspecified atom stereocenters. The van der Waals surface area contributed by atoms with Crippen molar-refractivity contribution in [2.24, 2.45) is 0 Å². The molecule has 0 rings (SSSR count). The number of rotatable bonds is 94. The quantitative estimate of drug-likeness (QED) is 0.00657. The number of amides is 2. The maximum Gasteiger partial charge on any atom is 0.407 e. The van der Waals surface area contributed by atoms with Crippen molar-refractivity contribution in [1.29, 1.82) is 0 Å². The normalized spacial score (nSPS) is 12.7. The summed E-state index contributed by atoms with van der Waals surface area (Å²) in [5.74, 6) is -1.55. The SMILES string of the molecule is C/C=C/C(C)=C/C(=O)N/C=C\OOOOOOOOOOOOOOOOOOOOOOOOOOOOOOOOOOOOOOOOOOOOCCOC(=O)NCCOP(=O)([O-])OC[C@@H](COC(=O)CCCCCCCCCCCCCCCCCCC)OC(=O)CCCCCCCCCCCCCCCCC. The first-order chi connectivity index (χ1) is 55.5. The largest absolute Gasteiger partial charge is 0.756 e. The summed E-state index contributed by atoms with van der Waals surface area (Å²) in [6.07, 6.45) is 42.5. The Balaban J connectivity index is 3.85. The van der Waals surface area contributed by atoms with Gasteiger partial charge < -0.3 is 43.7 Å².